The first-order chi connectivity index (χ1) is 9.61. The first-order valence-electron chi connectivity index (χ1n) is 6.51. The molecule has 0 radical (unpaired) electrons. The van der Waals surface area contributed by atoms with Crippen molar-refractivity contribution in [1.82, 2.24) is 19.5 Å². The molecule has 0 aliphatic carbocycles. The number of aryl methyl sites for hydroxylation is 1. The third-order valence-electron chi connectivity index (χ3n) is 2.44. The Balaban J connectivity index is 2.42. The van der Waals surface area contributed by atoms with Gasteiger partial charge in [0.15, 0.2) is 11.5 Å². The Morgan fingerprint density at radius 3 is 3.11 bits per heavy atom. The Labute approximate surface area is 113 Å². The highest BCUT2D eigenvalue weighted by atomic mass is 15.1. The van der Waals surface area contributed by atoms with E-state index in [1.54, 1.807) is 6.33 Å². The van der Waals surface area contributed by atoms with E-state index in [0.717, 1.165) is 0 Å². The summed E-state index contributed by atoms with van der Waals surface area (Å²) in [6.45, 7) is 4.60. The van der Waals surface area contributed by atoms with Gasteiger partial charge in [-0.3, -0.25) is 0 Å². The number of hydrogen-bond acceptors (Lipinski definition) is 4. The molecule has 2 aromatic rings. The third kappa shape index (κ3) is 2.83. The third-order valence-corrected chi connectivity index (χ3v) is 2.44. The van der Waals surface area contributed by atoms with Crippen LogP contribution < -0.4 is 5.73 Å². The van der Waals surface area contributed by atoms with Crippen LogP contribution in [0.3, 0.4) is 0 Å². The van der Waals surface area contributed by atoms with Gasteiger partial charge >= 0.3 is 0 Å². The molecule has 0 atom stereocenters. The highest BCUT2D eigenvalue weighted by molar-refractivity contribution is 5.81. The van der Waals surface area contributed by atoms with Gasteiger partial charge in [-0.2, -0.15) is 0 Å². The van der Waals surface area contributed by atoms with Crippen LogP contribution in [0.15, 0.2) is 6.33 Å². The minimum atomic E-state index is 0.243. The molecule has 2 N–H and O–H groups in total. The highest BCUT2D eigenvalue weighted by Gasteiger charge is 2.09. The predicted octanol–water partition coefficient (Wildman–Crippen LogP) is 1.44. The molecule has 5 heteroatoms. The largest absolute Gasteiger partial charge is 0.382 e. The number of rotatable bonds is 2. The minimum absolute atomic E-state index is 0.243. The Bertz CT molecular complexity index is 740. The number of hydrogen-bond donors (Lipinski definition) is 1. The molecule has 0 spiro atoms. The van der Waals surface area contributed by atoms with E-state index in [0.29, 0.717) is 35.8 Å². The molecule has 2 heterocycles. The summed E-state index contributed by atoms with van der Waals surface area (Å²) in [5.41, 5.74) is 7.10. The van der Waals surface area contributed by atoms with Crippen molar-refractivity contribution in [3.63, 3.8) is 0 Å². The summed E-state index contributed by atoms with van der Waals surface area (Å²) >= 11 is 0. The van der Waals surface area contributed by atoms with Crippen LogP contribution >= 0.6 is 0 Å². The summed E-state index contributed by atoms with van der Waals surface area (Å²) in [4.78, 5) is 12.7. The number of imidazole rings is 1. The van der Waals surface area contributed by atoms with Crippen LogP contribution in [0.4, 0.5) is 5.82 Å². The highest BCUT2D eigenvalue weighted by Crippen LogP contribution is 2.16. The van der Waals surface area contributed by atoms with E-state index in [1.807, 2.05) is 18.4 Å². The summed E-state index contributed by atoms with van der Waals surface area (Å²) in [6, 6.07) is 0. The van der Waals surface area contributed by atoms with E-state index < -0.39 is 0 Å². The molecule has 19 heavy (non-hydrogen) atoms. The van der Waals surface area contributed by atoms with Crippen molar-refractivity contribution in [2.24, 2.45) is 5.92 Å². The summed E-state index contributed by atoms with van der Waals surface area (Å²) < 4.78 is 8.65. The lowest BCUT2D eigenvalue weighted by atomic mass is 10.2. The zero-order valence-electron chi connectivity index (χ0n) is 11.9. The van der Waals surface area contributed by atoms with Crippen molar-refractivity contribution < 1.29 is 1.37 Å². The lowest BCUT2D eigenvalue weighted by molar-refractivity contribution is 0.732. The van der Waals surface area contributed by atoms with E-state index >= 15 is 0 Å². The van der Waals surface area contributed by atoms with Crippen molar-refractivity contribution in [3.8, 4) is 24.2 Å². The van der Waals surface area contributed by atoms with E-state index in [9.17, 15) is 0 Å². The van der Waals surface area contributed by atoms with Crippen LogP contribution in [0.25, 0.3) is 11.2 Å². The summed E-state index contributed by atoms with van der Waals surface area (Å²) in [7, 11) is 0. The normalized spacial score (nSPS) is 10.6. The standard InChI is InChI=1S/C14H15N5/c1-4-5-8-19-9-16-12-13(15)17-11(18-14(12)19)7-6-10(2)3/h1,9-10H,5,8H2,2-3H3,(H2,15,17,18)/i1D. The van der Waals surface area contributed by atoms with E-state index in [1.165, 1.54) is 0 Å². The van der Waals surface area contributed by atoms with E-state index in [2.05, 4.69) is 39.1 Å². The quantitative estimate of drug-likeness (QED) is 0.823. The van der Waals surface area contributed by atoms with Gasteiger partial charge in [0.25, 0.3) is 0 Å². The van der Waals surface area contributed by atoms with Crippen LogP contribution in [0.2, 0.25) is 0 Å². The van der Waals surface area contributed by atoms with Crippen molar-refractivity contribution >= 4 is 17.0 Å². The first kappa shape index (κ1) is 11.6. The smallest absolute Gasteiger partial charge is 0.208 e. The Hall–Kier alpha value is -2.53. The van der Waals surface area contributed by atoms with E-state index in [4.69, 9.17) is 7.10 Å². The predicted molar refractivity (Wildman–Crippen MR) is 74.9 cm³/mol. The van der Waals surface area contributed by atoms with Gasteiger partial charge in [0.1, 0.15) is 6.89 Å². The Kier molecular flexibility index (Phi) is 3.29. The van der Waals surface area contributed by atoms with Crippen molar-refractivity contribution in [2.45, 2.75) is 26.8 Å². The lowest BCUT2D eigenvalue weighted by Gasteiger charge is -2.01. The van der Waals surface area contributed by atoms with Crippen LogP contribution in [0.1, 0.15) is 27.5 Å². The molecule has 0 amide bonds. The summed E-state index contributed by atoms with van der Waals surface area (Å²) in [6.07, 6.45) is 4.34. The monoisotopic (exact) mass is 254 g/mol. The molecule has 0 aliphatic heterocycles. The molecule has 5 nitrogen and oxygen atoms in total. The molecule has 96 valence electrons. The molecule has 0 unspecified atom stereocenters. The second kappa shape index (κ2) is 5.41. The van der Waals surface area contributed by atoms with Gasteiger partial charge in [0.05, 0.1) is 6.33 Å². The minimum Gasteiger partial charge on any atom is -0.382 e. The number of nitrogens with two attached hydrogens (primary N) is 1. The maximum Gasteiger partial charge on any atom is 0.208 e. The van der Waals surface area contributed by atoms with Gasteiger partial charge in [-0.15, -0.1) is 12.3 Å². The van der Waals surface area contributed by atoms with Gasteiger partial charge in [-0.05, 0) is 5.92 Å². The zero-order valence-corrected chi connectivity index (χ0v) is 10.9. The van der Waals surface area contributed by atoms with Crippen LogP contribution in [0, 0.1) is 30.1 Å². The fraction of sp³-hybridized carbons (Fsp3) is 0.357. The summed E-state index contributed by atoms with van der Waals surface area (Å²) in [5, 5.41) is 0. The zero-order chi connectivity index (χ0) is 14.5. The molecule has 2 aromatic heterocycles. The molecular weight excluding hydrogens is 238 g/mol. The van der Waals surface area contributed by atoms with Crippen molar-refractivity contribution in [2.75, 3.05) is 5.73 Å². The van der Waals surface area contributed by atoms with Gasteiger partial charge in [0, 0.05) is 18.9 Å². The van der Waals surface area contributed by atoms with Gasteiger partial charge in [0.2, 0.25) is 5.82 Å². The number of aromatic nitrogens is 4. The molecule has 0 bridgehead atoms. The van der Waals surface area contributed by atoms with Gasteiger partial charge in [-0.25, -0.2) is 15.0 Å². The number of nitrogen functional groups attached to an aromatic ring is 1. The van der Waals surface area contributed by atoms with Crippen LogP contribution in [-0.2, 0) is 6.54 Å². The number of nitrogens with zero attached hydrogens (tertiary/aromatic N) is 4. The second-order valence-corrected chi connectivity index (χ2v) is 4.39. The van der Waals surface area contributed by atoms with Gasteiger partial charge < -0.3 is 10.3 Å². The molecule has 0 saturated heterocycles. The first-order valence-corrected chi connectivity index (χ1v) is 6.01. The molecule has 0 aromatic carbocycles. The van der Waals surface area contributed by atoms with Gasteiger partial charge in [-0.1, -0.05) is 19.8 Å². The summed E-state index contributed by atoms with van der Waals surface area (Å²) in [5.74, 6) is 9.58. The second-order valence-electron chi connectivity index (χ2n) is 4.39. The SMILES string of the molecule is [2H]C#CCCn1cnc2c(N)nc(C#CC(C)C)nc21. The topological polar surface area (TPSA) is 69.6 Å². The average molecular weight is 254 g/mol. The maximum absolute atomic E-state index is 6.81. The van der Waals surface area contributed by atoms with Crippen LogP contribution in [0.5, 0.6) is 0 Å². The number of anilines is 1. The van der Waals surface area contributed by atoms with Crippen molar-refractivity contribution in [3.05, 3.63) is 12.2 Å². The molecule has 0 fully saturated rings. The molecule has 2 rings (SSSR count). The fourth-order valence-electron chi connectivity index (χ4n) is 1.57. The molecule has 0 saturated carbocycles. The Morgan fingerprint density at radius 1 is 1.53 bits per heavy atom. The van der Waals surface area contributed by atoms with Crippen LogP contribution in [-0.4, -0.2) is 19.5 Å². The number of terminal acetylenes is 1. The average Bonchev–Trinajstić information content (AvgIpc) is 2.81. The van der Waals surface area contributed by atoms with Crippen molar-refractivity contribution in [1.29, 1.82) is 0 Å². The maximum atomic E-state index is 6.81. The van der Waals surface area contributed by atoms with E-state index in [-0.39, 0.29) is 5.92 Å². The molecule has 0 aliphatic rings. The number of fused-ring (bicyclic) bond motifs is 1. The fourth-order valence-corrected chi connectivity index (χ4v) is 1.57. The molecular formula is C14H15N5. The Morgan fingerprint density at radius 2 is 2.37 bits per heavy atom. The lowest BCUT2D eigenvalue weighted by Crippen LogP contribution is -2.02.